The van der Waals surface area contributed by atoms with Crippen molar-refractivity contribution in [3.05, 3.63) is 24.2 Å². The number of aliphatic hydroxyl groups is 2. The number of fused-ring (bicyclic) bond motifs is 1. The highest BCUT2D eigenvalue weighted by Crippen LogP contribution is 2.83. The fourth-order valence-electron chi connectivity index (χ4n) is 11.4. The van der Waals surface area contributed by atoms with Gasteiger partial charge in [-0.3, -0.25) is 19.2 Å². The van der Waals surface area contributed by atoms with Gasteiger partial charge in [0.05, 0.1) is 54.2 Å². The van der Waals surface area contributed by atoms with Gasteiger partial charge < -0.3 is 38.3 Å². The van der Waals surface area contributed by atoms with Crippen LogP contribution in [0.25, 0.3) is 0 Å². The largest absolute Gasteiger partial charge is 0.472 e. The minimum absolute atomic E-state index is 0.0495. The van der Waals surface area contributed by atoms with E-state index in [0.717, 1.165) is 5.56 Å². The number of hydrogen-bond donors (Lipinski definition) is 2. The molecule has 0 aromatic carbocycles. The standard InChI is InChI=1S/C34H44O12/c1-15(2)28(40)45-29-30(5)20-11-21(37)32(7)26(33(20,14-42-29)22(38)12-23(30)43-16(3)35)25(39)27(44-17(4)36)31(6)19(18-8-9-41-13-18)10-24-34(31,32)46-24/h8-9,13,15,19-24,26-27,29,37-38H,10-12,14H2,1-7H3/t19-,20-,21+,22-,23+,24+,26-,27-,29-,30-,31+,32+,33+,34+/m0/s1. The molecule has 14 atom stereocenters. The summed E-state index contributed by atoms with van der Waals surface area (Å²) in [4.78, 5) is 53.3. The van der Waals surface area contributed by atoms with E-state index >= 15 is 4.79 Å². The highest BCUT2D eigenvalue weighted by molar-refractivity contribution is 5.93. The van der Waals surface area contributed by atoms with Gasteiger partial charge in [0.1, 0.15) is 11.7 Å². The first-order chi connectivity index (χ1) is 21.5. The zero-order valence-electron chi connectivity index (χ0n) is 27.3. The molecule has 2 bridgehead atoms. The number of ketones is 1. The molecule has 12 nitrogen and oxygen atoms in total. The van der Waals surface area contributed by atoms with Crippen LogP contribution in [-0.4, -0.2) is 82.9 Å². The van der Waals surface area contributed by atoms with Crippen LogP contribution in [0.4, 0.5) is 0 Å². The van der Waals surface area contributed by atoms with Gasteiger partial charge in [-0.1, -0.05) is 27.7 Å². The second-order valence-corrected chi connectivity index (χ2v) is 15.4. The van der Waals surface area contributed by atoms with Crippen LogP contribution in [0.3, 0.4) is 0 Å². The smallest absolute Gasteiger partial charge is 0.310 e. The van der Waals surface area contributed by atoms with E-state index < -0.39 is 99.4 Å². The zero-order chi connectivity index (χ0) is 33.4. The van der Waals surface area contributed by atoms with Crippen LogP contribution in [0, 0.1) is 39.4 Å². The van der Waals surface area contributed by atoms with E-state index in [4.69, 9.17) is 28.1 Å². The maximum Gasteiger partial charge on any atom is 0.310 e. The Morgan fingerprint density at radius 3 is 2.26 bits per heavy atom. The topological polar surface area (TPSA) is 171 Å². The van der Waals surface area contributed by atoms with Gasteiger partial charge in [0.25, 0.3) is 0 Å². The molecule has 2 saturated heterocycles. The van der Waals surface area contributed by atoms with Crippen LogP contribution in [0.15, 0.2) is 23.0 Å². The van der Waals surface area contributed by atoms with Crippen LogP contribution in [-0.2, 0) is 42.9 Å². The molecule has 4 aliphatic carbocycles. The summed E-state index contributed by atoms with van der Waals surface area (Å²) in [5, 5.41) is 24.7. The molecule has 2 N–H and O–H groups in total. The van der Waals surface area contributed by atoms with Crippen LogP contribution in [0.5, 0.6) is 0 Å². The van der Waals surface area contributed by atoms with Gasteiger partial charge in [0, 0.05) is 42.9 Å². The first kappa shape index (κ1) is 31.8. The van der Waals surface area contributed by atoms with Crippen LogP contribution in [0.1, 0.15) is 79.2 Å². The van der Waals surface area contributed by atoms with Gasteiger partial charge in [-0.05, 0) is 37.3 Å². The number of rotatable bonds is 5. The third-order valence-electron chi connectivity index (χ3n) is 13.3. The predicted octanol–water partition coefficient (Wildman–Crippen LogP) is 2.67. The Kier molecular flexibility index (Phi) is 6.82. The van der Waals surface area contributed by atoms with Crippen molar-refractivity contribution >= 4 is 23.7 Å². The Hall–Kier alpha value is -2.80. The summed E-state index contributed by atoms with van der Waals surface area (Å²) >= 11 is 0. The molecule has 0 radical (unpaired) electrons. The fraction of sp³-hybridized carbons (Fsp3) is 0.765. The second kappa shape index (κ2) is 9.87. The van der Waals surface area contributed by atoms with Crippen molar-refractivity contribution in [3.63, 3.8) is 0 Å². The normalized spacial score (nSPS) is 50.0. The number of furan rings is 1. The molecule has 3 heterocycles. The number of esters is 3. The maximum atomic E-state index is 15.3. The van der Waals surface area contributed by atoms with Gasteiger partial charge in [-0.2, -0.15) is 0 Å². The summed E-state index contributed by atoms with van der Waals surface area (Å²) < 4.78 is 36.1. The molecule has 0 amide bonds. The number of carbonyl (C=O) groups is 4. The van der Waals surface area contributed by atoms with Crippen molar-refractivity contribution in [1.82, 2.24) is 0 Å². The molecule has 46 heavy (non-hydrogen) atoms. The molecule has 252 valence electrons. The molecule has 1 aromatic heterocycles. The third-order valence-corrected chi connectivity index (χ3v) is 13.3. The Bertz CT molecular complexity index is 1470. The van der Waals surface area contributed by atoms with Crippen molar-refractivity contribution in [2.45, 2.75) is 116 Å². The highest BCUT2D eigenvalue weighted by Gasteiger charge is 2.92. The summed E-state index contributed by atoms with van der Waals surface area (Å²) in [7, 11) is 0. The minimum atomic E-state index is -1.32. The minimum Gasteiger partial charge on any atom is -0.472 e. The number of carbonyl (C=O) groups excluding carboxylic acids is 4. The Morgan fingerprint density at radius 2 is 1.65 bits per heavy atom. The number of hydrogen-bond acceptors (Lipinski definition) is 12. The van der Waals surface area contributed by atoms with E-state index in [2.05, 4.69) is 0 Å². The van der Waals surface area contributed by atoms with Crippen molar-refractivity contribution in [1.29, 1.82) is 0 Å². The Labute approximate surface area is 267 Å². The van der Waals surface area contributed by atoms with E-state index in [1.165, 1.54) is 13.8 Å². The van der Waals surface area contributed by atoms with Crippen LogP contribution in [0.2, 0.25) is 0 Å². The molecular weight excluding hydrogens is 600 g/mol. The lowest BCUT2D eigenvalue weighted by molar-refractivity contribution is -0.374. The Balaban J connectivity index is 1.41. The second-order valence-electron chi connectivity index (χ2n) is 15.4. The third kappa shape index (κ3) is 3.54. The summed E-state index contributed by atoms with van der Waals surface area (Å²) in [6.07, 6.45) is -2.36. The summed E-state index contributed by atoms with van der Waals surface area (Å²) in [6.45, 7) is 11.3. The average Bonchev–Trinajstić information content (AvgIpc) is 3.33. The zero-order valence-corrected chi connectivity index (χ0v) is 27.3. The molecule has 1 spiro atoms. The first-order valence-corrected chi connectivity index (χ1v) is 16.3. The van der Waals surface area contributed by atoms with Crippen LogP contribution < -0.4 is 0 Å². The van der Waals surface area contributed by atoms with Crippen molar-refractivity contribution in [2.24, 2.45) is 39.4 Å². The molecule has 2 aliphatic heterocycles. The summed E-state index contributed by atoms with van der Waals surface area (Å²) in [5.41, 5.74) is -5.13. The molecule has 4 saturated carbocycles. The SMILES string of the molecule is CC(=O)O[C@@H]1C[C@H](O)[C@@]23CO[C@@H](OC(=O)C(C)C)[C@@]1(C)[C@@H]2C[C@@H](O)[C@]1(C)[C@@H]3C(=O)[C@H](OC(C)=O)[C@@]2(C)[C@H](c3ccoc3)C[C@H]3O[C@]321. The number of ether oxygens (including phenoxy) is 5. The van der Waals surface area contributed by atoms with Gasteiger partial charge >= 0.3 is 17.9 Å². The number of Topliss-reactive ketones (excluding diaryl/α,β-unsaturated/α-hetero) is 1. The average molecular weight is 645 g/mol. The molecule has 12 heteroatoms. The lowest BCUT2D eigenvalue weighted by Gasteiger charge is -2.73. The number of aliphatic hydroxyl groups excluding tert-OH is 2. The lowest BCUT2D eigenvalue weighted by atomic mass is 9.33. The molecule has 6 fully saturated rings. The van der Waals surface area contributed by atoms with Crippen molar-refractivity contribution in [2.75, 3.05) is 6.61 Å². The summed E-state index contributed by atoms with van der Waals surface area (Å²) in [5.74, 6) is -4.71. The number of epoxide rings is 1. The van der Waals surface area contributed by atoms with E-state index in [-0.39, 0.29) is 31.5 Å². The van der Waals surface area contributed by atoms with Crippen molar-refractivity contribution in [3.8, 4) is 0 Å². The fourth-order valence-corrected chi connectivity index (χ4v) is 11.4. The van der Waals surface area contributed by atoms with Gasteiger partial charge in [0.15, 0.2) is 11.9 Å². The predicted molar refractivity (Wildman–Crippen MR) is 155 cm³/mol. The molecule has 0 unspecified atom stereocenters. The maximum absolute atomic E-state index is 15.3. The Morgan fingerprint density at radius 1 is 0.957 bits per heavy atom. The molecular formula is C34H44O12. The van der Waals surface area contributed by atoms with Gasteiger partial charge in [0.2, 0.25) is 6.29 Å². The van der Waals surface area contributed by atoms with Gasteiger partial charge in [-0.25, -0.2) is 0 Å². The molecule has 1 aromatic rings. The van der Waals surface area contributed by atoms with E-state index in [1.807, 2.05) is 19.9 Å². The molecule has 6 aliphatic rings. The van der Waals surface area contributed by atoms with Crippen molar-refractivity contribution < 1.29 is 57.5 Å². The molecule has 7 rings (SSSR count). The monoisotopic (exact) mass is 644 g/mol. The summed E-state index contributed by atoms with van der Waals surface area (Å²) in [6, 6.07) is 1.84. The van der Waals surface area contributed by atoms with E-state index in [9.17, 15) is 24.6 Å². The lowest BCUT2D eigenvalue weighted by Crippen LogP contribution is -2.82. The van der Waals surface area contributed by atoms with Gasteiger partial charge in [-0.15, -0.1) is 0 Å². The van der Waals surface area contributed by atoms with Crippen LogP contribution >= 0.6 is 0 Å². The first-order valence-electron chi connectivity index (χ1n) is 16.3. The van der Waals surface area contributed by atoms with E-state index in [1.54, 1.807) is 33.3 Å². The highest BCUT2D eigenvalue weighted by atomic mass is 16.7. The van der Waals surface area contributed by atoms with E-state index in [0.29, 0.717) is 6.42 Å². The quantitative estimate of drug-likeness (QED) is 0.273.